The lowest BCUT2D eigenvalue weighted by Gasteiger charge is -2.37. The zero-order chi connectivity index (χ0) is 17.6. The summed E-state index contributed by atoms with van der Waals surface area (Å²) in [6.45, 7) is 7.35. The molecular weight excluding hydrogens is 296 g/mol. The first kappa shape index (κ1) is 18.3. The summed E-state index contributed by atoms with van der Waals surface area (Å²) in [5, 5.41) is 12.3. The summed E-state index contributed by atoms with van der Waals surface area (Å²) in [4.78, 5) is 12.4. The fourth-order valence-electron chi connectivity index (χ4n) is 3.44. The average Bonchev–Trinajstić information content (AvgIpc) is 2.62. The van der Waals surface area contributed by atoms with Gasteiger partial charge in [-0.05, 0) is 48.2 Å². The van der Waals surface area contributed by atoms with Crippen LogP contribution in [0.5, 0.6) is 0 Å². The van der Waals surface area contributed by atoms with Gasteiger partial charge in [0, 0.05) is 6.54 Å². The first-order valence-electron chi connectivity index (χ1n) is 8.92. The van der Waals surface area contributed by atoms with Crippen LogP contribution < -0.4 is 5.32 Å². The molecule has 0 saturated heterocycles. The fraction of sp³-hybridized carbons (Fsp3) is 0.524. The molecule has 3 nitrogen and oxygen atoms in total. The summed E-state index contributed by atoms with van der Waals surface area (Å²) in [5.74, 6) is 0.447. The Balaban J connectivity index is 1.99. The number of rotatable bonds is 5. The molecule has 1 aromatic carbocycles. The molecular formula is C21H28N2O. The Hall–Kier alpha value is -2.08. The third kappa shape index (κ3) is 4.47. The van der Waals surface area contributed by atoms with Gasteiger partial charge in [-0.3, -0.25) is 4.79 Å². The molecule has 0 heterocycles. The Morgan fingerprint density at radius 1 is 1.25 bits per heavy atom. The van der Waals surface area contributed by atoms with E-state index in [-0.39, 0.29) is 5.91 Å². The van der Waals surface area contributed by atoms with Crippen LogP contribution in [0.4, 0.5) is 0 Å². The molecule has 0 atom stereocenters. The fourth-order valence-corrected chi connectivity index (χ4v) is 3.44. The number of carbonyl (C=O) groups is 1. The monoisotopic (exact) mass is 324 g/mol. The number of hydrogen-bond acceptors (Lipinski definition) is 2. The van der Waals surface area contributed by atoms with Crippen LogP contribution in [-0.4, -0.2) is 5.91 Å². The molecule has 0 bridgehead atoms. The molecule has 1 aliphatic rings. The smallest absolute Gasteiger partial charge is 0.262 e. The van der Waals surface area contributed by atoms with Crippen LogP contribution in [0.3, 0.4) is 0 Å². The standard InChI is InChI=1S/C21H28N2O/c1-4-21(2,3)18-12-10-17(11-13-18)19(14-22)20(24)23-15-16-8-6-5-7-9-16/h5-9,18H,4,10-13,15H2,1-3H3,(H,23,24). The molecule has 3 heteroatoms. The lowest BCUT2D eigenvalue weighted by Crippen LogP contribution is -2.28. The maximum absolute atomic E-state index is 12.4. The van der Waals surface area contributed by atoms with E-state index in [0.717, 1.165) is 36.8 Å². The summed E-state index contributed by atoms with van der Waals surface area (Å²) < 4.78 is 0. The van der Waals surface area contributed by atoms with Gasteiger partial charge in [0.25, 0.3) is 5.91 Å². The van der Waals surface area contributed by atoms with Crippen LogP contribution >= 0.6 is 0 Å². The summed E-state index contributed by atoms with van der Waals surface area (Å²) in [5.41, 5.74) is 2.75. The molecule has 0 radical (unpaired) electrons. The number of amides is 1. The highest BCUT2D eigenvalue weighted by Crippen LogP contribution is 2.42. The van der Waals surface area contributed by atoms with Gasteiger partial charge in [-0.1, -0.05) is 57.5 Å². The van der Waals surface area contributed by atoms with E-state index in [0.29, 0.717) is 23.5 Å². The first-order valence-corrected chi connectivity index (χ1v) is 8.92. The van der Waals surface area contributed by atoms with Crippen molar-refractivity contribution in [3.05, 3.63) is 47.0 Å². The summed E-state index contributed by atoms with van der Waals surface area (Å²) in [7, 11) is 0. The van der Waals surface area contributed by atoms with E-state index >= 15 is 0 Å². The number of benzene rings is 1. The second kappa shape index (κ2) is 8.15. The second-order valence-corrected chi connectivity index (χ2v) is 7.38. The van der Waals surface area contributed by atoms with Crippen LogP contribution in [-0.2, 0) is 11.3 Å². The van der Waals surface area contributed by atoms with E-state index in [1.165, 1.54) is 6.42 Å². The van der Waals surface area contributed by atoms with Crippen molar-refractivity contribution in [3.63, 3.8) is 0 Å². The predicted molar refractivity (Wildman–Crippen MR) is 97.0 cm³/mol. The largest absolute Gasteiger partial charge is 0.347 e. The van der Waals surface area contributed by atoms with Gasteiger partial charge in [-0.15, -0.1) is 0 Å². The van der Waals surface area contributed by atoms with Gasteiger partial charge < -0.3 is 5.32 Å². The summed E-state index contributed by atoms with van der Waals surface area (Å²) >= 11 is 0. The topological polar surface area (TPSA) is 52.9 Å². The predicted octanol–water partition coefficient (Wildman–Crippen LogP) is 4.75. The molecule has 1 fully saturated rings. The summed E-state index contributed by atoms with van der Waals surface area (Å²) in [6, 6.07) is 11.9. The average molecular weight is 324 g/mol. The lowest BCUT2D eigenvalue weighted by molar-refractivity contribution is -0.117. The number of allylic oxidation sites excluding steroid dienone is 1. The van der Waals surface area contributed by atoms with E-state index < -0.39 is 0 Å². The number of carbonyl (C=O) groups excluding carboxylic acids is 1. The Kier molecular flexibility index (Phi) is 6.20. The van der Waals surface area contributed by atoms with E-state index in [1.54, 1.807) is 0 Å². The first-order chi connectivity index (χ1) is 11.5. The van der Waals surface area contributed by atoms with E-state index in [1.807, 2.05) is 30.3 Å². The maximum Gasteiger partial charge on any atom is 0.262 e. The second-order valence-electron chi connectivity index (χ2n) is 7.38. The third-order valence-corrected chi connectivity index (χ3v) is 5.59. The van der Waals surface area contributed by atoms with Gasteiger partial charge in [0.1, 0.15) is 11.6 Å². The maximum atomic E-state index is 12.4. The SMILES string of the molecule is CCC(C)(C)C1CCC(=C(C#N)C(=O)NCc2ccccc2)CC1. The van der Waals surface area contributed by atoms with Gasteiger partial charge in [-0.2, -0.15) is 5.26 Å². The third-order valence-electron chi connectivity index (χ3n) is 5.59. The van der Waals surface area contributed by atoms with Gasteiger partial charge in [0.05, 0.1) is 0 Å². The van der Waals surface area contributed by atoms with Crippen molar-refractivity contribution in [1.29, 1.82) is 5.26 Å². The molecule has 0 unspecified atom stereocenters. The molecule has 0 spiro atoms. The lowest BCUT2D eigenvalue weighted by atomic mass is 9.68. The molecule has 1 aromatic rings. The normalized spacial score (nSPS) is 17.9. The van der Waals surface area contributed by atoms with Crippen molar-refractivity contribution in [2.75, 3.05) is 0 Å². The molecule has 1 amide bonds. The van der Waals surface area contributed by atoms with Gasteiger partial charge in [-0.25, -0.2) is 0 Å². The van der Waals surface area contributed by atoms with Gasteiger partial charge in [0.15, 0.2) is 0 Å². The molecule has 1 aliphatic carbocycles. The number of nitrogens with zero attached hydrogens (tertiary/aromatic N) is 1. The van der Waals surface area contributed by atoms with Crippen LogP contribution in [0.1, 0.15) is 58.4 Å². The van der Waals surface area contributed by atoms with Crippen molar-refractivity contribution in [2.24, 2.45) is 11.3 Å². The molecule has 1 N–H and O–H groups in total. The number of hydrogen-bond donors (Lipinski definition) is 1. The van der Waals surface area contributed by atoms with Gasteiger partial charge >= 0.3 is 0 Å². The molecule has 24 heavy (non-hydrogen) atoms. The Morgan fingerprint density at radius 2 is 1.88 bits per heavy atom. The Labute approximate surface area is 145 Å². The Morgan fingerprint density at radius 3 is 2.42 bits per heavy atom. The molecule has 0 aromatic heterocycles. The minimum Gasteiger partial charge on any atom is -0.347 e. The van der Waals surface area contributed by atoms with Crippen molar-refractivity contribution >= 4 is 5.91 Å². The van der Waals surface area contributed by atoms with E-state index in [2.05, 4.69) is 32.2 Å². The highest BCUT2D eigenvalue weighted by molar-refractivity contribution is 5.98. The van der Waals surface area contributed by atoms with Crippen LogP contribution in [0.25, 0.3) is 0 Å². The van der Waals surface area contributed by atoms with Crippen molar-refractivity contribution in [1.82, 2.24) is 5.32 Å². The van der Waals surface area contributed by atoms with Crippen LogP contribution in [0.2, 0.25) is 0 Å². The van der Waals surface area contributed by atoms with Crippen LogP contribution in [0, 0.1) is 22.7 Å². The zero-order valence-electron chi connectivity index (χ0n) is 15.1. The molecule has 128 valence electrons. The highest BCUT2D eigenvalue weighted by atomic mass is 16.1. The Bertz CT molecular complexity index is 628. The van der Waals surface area contributed by atoms with Crippen LogP contribution in [0.15, 0.2) is 41.5 Å². The van der Waals surface area contributed by atoms with Crippen molar-refractivity contribution in [2.45, 2.75) is 59.4 Å². The van der Waals surface area contributed by atoms with E-state index in [4.69, 9.17) is 0 Å². The van der Waals surface area contributed by atoms with Crippen molar-refractivity contribution in [3.8, 4) is 6.07 Å². The quantitative estimate of drug-likeness (QED) is 0.627. The molecule has 2 rings (SSSR count). The van der Waals surface area contributed by atoms with E-state index in [9.17, 15) is 10.1 Å². The number of nitrogens with one attached hydrogen (secondary N) is 1. The minimum absolute atomic E-state index is 0.232. The number of nitriles is 1. The minimum atomic E-state index is -0.232. The van der Waals surface area contributed by atoms with Gasteiger partial charge in [0.2, 0.25) is 0 Å². The molecule has 1 saturated carbocycles. The summed E-state index contributed by atoms with van der Waals surface area (Å²) in [6.07, 6.45) is 5.06. The highest BCUT2D eigenvalue weighted by Gasteiger charge is 2.31. The molecule has 0 aliphatic heterocycles. The van der Waals surface area contributed by atoms with Crippen molar-refractivity contribution < 1.29 is 4.79 Å². The zero-order valence-corrected chi connectivity index (χ0v) is 15.1.